The third-order valence-electron chi connectivity index (χ3n) is 7.92. The van der Waals surface area contributed by atoms with Crippen LogP contribution in [0.5, 0.6) is 11.5 Å². The molecule has 10 heteroatoms. The molecule has 0 radical (unpaired) electrons. The number of benzene rings is 3. The van der Waals surface area contributed by atoms with Gasteiger partial charge >= 0.3 is 0 Å². The van der Waals surface area contributed by atoms with E-state index in [2.05, 4.69) is 5.32 Å². The fourth-order valence-electron chi connectivity index (χ4n) is 5.46. The Hall–Kier alpha value is -4.05. The monoisotopic (exact) mass is 621 g/mol. The Bertz CT molecular complexity index is 1490. The third-order valence-corrected chi connectivity index (χ3v) is 9.71. The summed E-state index contributed by atoms with van der Waals surface area (Å²) < 4.78 is 40.1. The molecule has 1 saturated carbocycles. The molecule has 4 rings (SSSR count). The third kappa shape index (κ3) is 8.11. The number of amides is 2. The Balaban J connectivity index is 1.70. The Kier molecular flexibility index (Phi) is 11.3. The topological polar surface area (TPSA) is 105 Å². The van der Waals surface area contributed by atoms with Crippen LogP contribution in [0.15, 0.2) is 77.7 Å². The van der Waals surface area contributed by atoms with Crippen molar-refractivity contribution < 1.29 is 27.5 Å². The summed E-state index contributed by atoms with van der Waals surface area (Å²) in [4.78, 5) is 29.4. The Morgan fingerprint density at radius 2 is 1.52 bits per heavy atom. The molecule has 0 heterocycles. The van der Waals surface area contributed by atoms with E-state index in [4.69, 9.17) is 9.47 Å². The van der Waals surface area contributed by atoms with Gasteiger partial charge in [-0.25, -0.2) is 8.42 Å². The van der Waals surface area contributed by atoms with Crippen LogP contribution < -0.4 is 19.1 Å². The number of carbonyl (C=O) groups excluding carboxylic acids is 2. The van der Waals surface area contributed by atoms with Crippen molar-refractivity contribution >= 4 is 27.5 Å². The van der Waals surface area contributed by atoms with Crippen molar-refractivity contribution in [3.63, 3.8) is 0 Å². The van der Waals surface area contributed by atoms with Crippen LogP contribution in [-0.4, -0.2) is 57.5 Å². The molecule has 1 N–H and O–H groups in total. The van der Waals surface area contributed by atoms with Crippen LogP contribution in [0.2, 0.25) is 0 Å². The van der Waals surface area contributed by atoms with Crippen LogP contribution in [0.25, 0.3) is 0 Å². The second-order valence-electron chi connectivity index (χ2n) is 11.0. The highest BCUT2D eigenvalue weighted by molar-refractivity contribution is 7.92. The van der Waals surface area contributed by atoms with Gasteiger partial charge in [-0.1, -0.05) is 49.6 Å². The fourth-order valence-corrected chi connectivity index (χ4v) is 6.87. The predicted molar refractivity (Wildman–Crippen MR) is 171 cm³/mol. The molecule has 0 aromatic heterocycles. The van der Waals surface area contributed by atoms with Crippen LogP contribution in [0.1, 0.15) is 57.1 Å². The number of aryl methyl sites for hydroxylation is 1. The Morgan fingerprint density at radius 3 is 2.09 bits per heavy atom. The number of hydrogen-bond acceptors (Lipinski definition) is 6. The largest absolute Gasteiger partial charge is 0.497 e. The van der Waals surface area contributed by atoms with Crippen molar-refractivity contribution in [1.29, 1.82) is 0 Å². The van der Waals surface area contributed by atoms with E-state index in [9.17, 15) is 18.0 Å². The summed E-state index contributed by atoms with van der Waals surface area (Å²) in [5, 5.41) is 3.14. The zero-order chi connectivity index (χ0) is 31.7. The Labute approximate surface area is 261 Å². The molecule has 3 aromatic rings. The predicted octanol–water partition coefficient (Wildman–Crippen LogP) is 5.46. The molecule has 0 unspecified atom stereocenters. The number of nitrogens with zero attached hydrogens (tertiary/aromatic N) is 2. The highest BCUT2D eigenvalue weighted by Gasteiger charge is 2.34. The van der Waals surface area contributed by atoms with Crippen LogP contribution in [0, 0.1) is 6.92 Å². The molecule has 1 aliphatic rings. The lowest BCUT2D eigenvalue weighted by atomic mass is 10.1. The lowest BCUT2D eigenvalue weighted by Gasteiger charge is -2.33. The molecule has 0 spiro atoms. The van der Waals surface area contributed by atoms with E-state index in [-0.39, 0.29) is 23.4 Å². The summed E-state index contributed by atoms with van der Waals surface area (Å²) in [6.45, 7) is 5.72. The molecule has 1 aliphatic carbocycles. The summed E-state index contributed by atoms with van der Waals surface area (Å²) in [7, 11) is -2.59. The van der Waals surface area contributed by atoms with E-state index in [1.807, 2.05) is 32.9 Å². The first-order valence-electron chi connectivity index (χ1n) is 15.2. The second kappa shape index (κ2) is 15.1. The van der Waals surface area contributed by atoms with Gasteiger partial charge in [0.2, 0.25) is 11.8 Å². The molecular weight excluding hydrogens is 578 g/mol. The van der Waals surface area contributed by atoms with E-state index in [0.717, 1.165) is 41.1 Å². The summed E-state index contributed by atoms with van der Waals surface area (Å²) in [6.07, 6.45) is 4.32. The molecule has 1 fully saturated rings. The van der Waals surface area contributed by atoms with Crippen molar-refractivity contribution in [3.05, 3.63) is 83.9 Å². The quantitative estimate of drug-likeness (QED) is 0.256. The van der Waals surface area contributed by atoms with Crippen molar-refractivity contribution in [1.82, 2.24) is 10.2 Å². The second-order valence-corrected chi connectivity index (χ2v) is 12.9. The molecule has 44 heavy (non-hydrogen) atoms. The van der Waals surface area contributed by atoms with Crippen molar-refractivity contribution in [2.75, 3.05) is 24.6 Å². The molecule has 0 bridgehead atoms. The van der Waals surface area contributed by atoms with Gasteiger partial charge in [-0.05, 0) is 87.2 Å². The van der Waals surface area contributed by atoms with E-state index in [0.29, 0.717) is 30.2 Å². The maximum Gasteiger partial charge on any atom is 0.264 e. The van der Waals surface area contributed by atoms with Crippen molar-refractivity contribution in [2.45, 2.75) is 76.4 Å². The fraction of sp³-hybridized carbons (Fsp3) is 0.412. The smallest absolute Gasteiger partial charge is 0.264 e. The first-order chi connectivity index (χ1) is 21.2. The van der Waals surface area contributed by atoms with Crippen molar-refractivity contribution in [2.24, 2.45) is 0 Å². The van der Waals surface area contributed by atoms with Crippen LogP contribution in [-0.2, 0) is 26.2 Å². The van der Waals surface area contributed by atoms with Gasteiger partial charge in [0.05, 0.1) is 24.3 Å². The number of ether oxygens (including phenoxy) is 2. The zero-order valence-electron chi connectivity index (χ0n) is 26.0. The molecule has 3 aromatic carbocycles. The van der Waals surface area contributed by atoms with Gasteiger partial charge in [0.1, 0.15) is 24.1 Å². The summed E-state index contributed by atoms with van der Waals surface area (Å²) in [6, 6.07) is 19.7. The van der Waals surface area contributed by atoms with E-state index in [1.165, 1.54) is 17.0 Å². The zero-order valence-corrected chi connectivity index (χ0v) is 26.8. The van der Waals surface area contributed by atoms with E-state index < -0.39 is 28.5 Å². The van der Waals surface area contributed by atoms with Gasteiger partial charge < -0.3 is 19.7 Å². The first-order valence-corrected chi connectivity index (χ1v) is 16.6. The number of rotatable bonds is 14. The number of nitrogens with one attached hydrogen (secondary N) is 1. The molecular formula is C34H43N3O6S. The lowest BCUT2D eigenvalue weighted by molar-refractivity contribution is -0.140. The average Bonchev–Trinajstić information content (AvgIpc) is 3.54. The standard InChI is InChI=1S/C34H43N3O6S/c1-5-32(34(39)35-27-9-7-8-10-27)36(23-26-13-17-29(42-4)18-14-26)33(38)24-37(28-15-11-25(3)12-16-28)44(40,41)31-21-19-30(20-22-31)43-6-2/h11-22,27,32H,5-10,23-24H2,1-4H3,(H,35,39)/t32-/m0/s1. The molecule has 236 valence electrons. The normalized spacial score (nSPS) is 14.1. The number of sulfonamides is 1. The Morgan fingerprint density at radius 1 is 0.909 bits per heavy atom. The summed E-state index contributed by atoms with van der Waals surface area (Å²) >= 11 is 0. The molecule has 1 atom stereocenters. The first kappa shape index (κ1) is 32.9. The van der Waals surface area contributed by atoms with Crippen LogP contribution >= 0.6 is 0 Å². The average molecular weight is 622 g/mol. The van der Waals surface area contributed by atoms with E-state index >= 15 is 0 Å². The van der Waals surface area contributed by atoms with Gasteiger partial charge in [-0.15, -0.1) is 0 Å². The maximum absolute atomic E-state index is 14.3. The number of methoxy groups -OCH3 is 1. The van der Waals surface area contributed by atoms with Gasteiger partial charge in [0.15, 0.2) is 0 Å². The molecule has 0 aliphatic heterocycles. The number of carbonyl (C=O) groups is 2. The van der Waals surface area contributed by atoms with Gasteiger partial charge in [-0.3, -0.25) is 13.9 Å². The number of hydrogen-bond donors (Lipinski definition) is 1. The molecule has 2 amide bonds. The maximum atomic E-state index is 14.3. The number of anilines is 1. The van der Waals surface area contributed by atoms with Gasteiger partial charge in [0.25, 0.3) is 10.0 Å². The minimum absolute atomic E-state index is 0.0297. The summed E-state index contributed by atoms with van der Waals surface area (Å²) in [5.41, 5.74) is 2.10. The highest BCUT2D eigenvalue weighted by Crippen LogP contribution is 2.27. The SMILES string of the molecule is CCOc1ccc(S(=O)(=O)N(CC(=O)N(Cc2ccc(OC)cc2)[C@@H](CC)C(=O)NC2CCCC2)c2ccc(C)cc2)cc1. The van der Waals surface area contributed by atoms with Gasteiger partial charge in [0, 0.05) is 12.6 Å². The van der Waals surface area contributed by atoms with Crippen LogP contribution in [0.4, 0.5) is 5.69 Å². The van der Waals surface area contributed by atoms with E-state index in [1.54, 1.807) is 55.6 Å². The minimum Gasteiger partial charge on any atom is -0.497 e. The van der Waals surface area contributed by atoms with Crippen LogP contribution in [0.3, 0.4) is 0 Å². The summed E-state index contributed by atoms with van der Waals surface area (Å²) in [5.74, 6) is 0.514. The lowest BCUT2D eigenvalue weighted by Crippen LogP contribution is -2.53. The van der Waals surface area contributed by atoms with Crippen molar-refractivity contribution in [3.8, 4) is 11.5 Å². The van der Waals surface area contributed by atoms with Gasteiger partial charge in [-0.2, -0.15) is 0 Å². The molecule has 9 nitrogen and oxygen atoms in total. The highest BCUT2D eigenvalue weighted by atomic mass is 32.2. The minimum atomic E-state index is -4.17. The molecule has 0 saturated heterocycles.